The zero-order valence-corrected chi connectivity index (χ0v) is 12.5. The summed E-state index contributed by atoms with van der Waals surface area (Å²) in [5.41, 5.74) is 2.33. The molecule has 0 spiro atoms. The molecule has 1 N–H and O–H groups in total. The van der Waals surface area contributed by atoms with Crippen LogP contribution in [0.2, 0.25) is 0 Å². The maximum absolute atomic E-state index is 8.66. The molecule has 0 saturated carbocycles. The minimum Gasteiger partial charge on any atom is -0.384 e. The molecule has 0 atom stereocenters. The van der Waals surface area contributed by atoms with Crippen LogP contribution in [0, 0.1) is 23.7 Å². The number of hydrogen-bond acceptors (Lipinski definition) is 4. The predicted octanol–water partition coefficient (Wildman–Crippen LogP) is 4.35. The minimum atomic E-state index is 0.133. The third-order valence-corrected chi connectivity index (χ3v) is 4.11. The maximum atomic E-state index is 8.66. The van der Waals surface area contributed by atoms with Crippen molar-refractivity contribution in [1.82, 2.24) is 4.98 Å². The lowest BCUT2D eigenvalue weighted by molar-refractivity contribution is 0.364. The largest absolute Gasteiger partial charge is 0.384 e. The minimum absolute atomic E-state index is 0.133. The van der Waals surface area contributed by atoms with Gasteiger partial charge >= 0.3 is 0 Å². The highest BCUT2D eigenvalue weighted by molar-refractivity contribution is 7.18. The Labute approximate surface area is 118 Å². The number of rotatable bonds is 5. The van der Waals surface area contributed by atoms with Crippen LogP contribution in [0.5, 0.6) is 0 Å². The summed E-state index contributed by atoms with van der Waals surface area (Å²) in [6.07, 6.45) is 1.53. The first-order chi connectivity index (χ1) is 9.00. The second-order valence-corrected chi connectivity index (χ2v) is 6.83. The smallest absolute Gasteiger partial charge is 0.0907 e. The number of thiazole rings is 1. The average molecular weight is 273 g/mol. The molecule has 3 nitrogen and oxygen atoms in total. The zero-order valence-electron chi connectivity index (χ0n) is 11.7. The van der Waals surface area contributed by atoms with Gasteiger partial charge in [0.2, 0.25) is 0 Å². The number of fused-ring (bicyclic) bond motifs is 1. The van der Waals surface area contributed by atoms with Crippen molar-refractivity contribution in [3.05, 3.63) is 23.2 Å². The third kappa shape index (κ3) is 3.68. The van der Waals surface area contributed by atoms with Crippen molar-refractivity contribution in [1.29, 1.82) is 5.26 Å². The van der Waals surface area contributed by atoms with Crippen LogP contribution < -0.4 is 5.32 Å². The lowest BCUT2D eigenvalue weighted by Crippen LogP contribution is -2.22. The van der Waals surface area contributed by atoms with Crippen LogP contribution in [0.15, 0.2) is 18.2 Å². The van der Waals surface area contributed by atoms with Crippen molar-refractivity contribution in [3.63, 3.8) is 0 Å². The fourth-order valence-corrected chi connectivity index (χ4v) is 2.84. The Balaban J connectivity index is 2.03. The fourth-order valence-electron chi connectivity index (χ4n) is 1.97. The van der Waals surface area contributed by atoms with Gasteiger partial charge in [-0.25, -0.2) is 4.98 Å². The van der Waals surface area contributed by atoms with E-state index in [1.54, 1.807) is 11.3 Å². The third-order valence-electron chi connectivity index (χ3n) is 3.18. The van der Waals surface area contributed by atoms with Gasteiger partial charge in [-0.05, 0) is 37.0 Å². The summed E-state index contributed by atoms with van der Waals surface area (Å²) in [5.74, 6) is 0. The maximum Gasteiger partial charge on any atom is 0.0907 e. The Bertz CT molecular complexity index is 607. The van der Waals surface area contributed by atoms with E-state index < -0.39 is 0 Å². The number of aryl methyl sites for hydroxylation is 1. The monoisotopic (exact) mass is 273 g/mol. The van der Waals surface area contributed by atoms with Gasteiger partial charge in [-0.2, -0.15) is 5.26 Å². The first-order valence-electron chi connectivity index (χ1n) is 6.48. The van der Waals surface area contributed by atoms with E-state index in [-0.39, 0.29) is 5.41 Å². The molecule has 0 saturated heterocycles. The van der Waals surface area contributed by atoms with Crippen molar-refractivity contribution in [3.8, 4) is 6.07 Å². The molecule has 0 aliphatic carbocycles. The second-order valence-electron chi connectivity index (χ2n) is 5.59. The summed E-state index contributed by atoms with van der Waals surface area (Å²) in [7, 11) is 0. The van der Waals surface area contributed by atoms with E-state index in [4.69, 9.17) is 5.26 Å². The summed E-state index contributed by atoms with van der Waals surface area (Å²) in [4.78, 5) is 4.46. The topological polar surface area (TPSA) is 48.7 Å². The van der Waals surface area contributed by atoms with E-state index in [1.807, 2.05) is 6.92 Å². The van der Waals surface area contributed by atoms with Gasteiger partial charge in [0.05, 0.1) is 21.3 Å². The second kappa shape index (κ2) is 5.58. The number of nitrogens with zero attached hydrogens (tertiary/aromatic N) is 2. The molecule has 100 valence electrons. The van der Waals surface area contributed by atoms with E-state index in [0.29, 0.717) is 6.42 Å². The number of anilines is 1. The molecule has 0 unspecified atom stereocenters. The molecular weight excluding hydrogens is 254 g/mol. The van der Waals surface area contributed by atoms with Crippen LogP contribution in [0.25, 0.3) is 10.2 Å². The molecule has 4 heteroatoms. The van der Waals surface area contributed by atoms with Gasteiger partial charge in [0, 0.05) is 18.7 Å². The van der Waals surface area contributed by atoms with Gasteiger partial charge in [-0.15, -0.1) is 11.3 Å². The molecule has 0 amide bonds. The fraction of sp³-hybridized carbons (Fsp3) is 0.467. The average Bonchev–Trinajstić information content (AvgIpc) is 2.73. The number of aromatic nitrogens is 1. The summed E-state index contributed by atoms with van der Waals surface area (Å²) in [6.45, 7) is 7.28. The highest BCUT2D eigenvalue weighted by atomic mass is 32.1. The predicted molar refractivity (Wildman–Crippen MR) is 81.5 cm³/mol. The summed E-state index contributed by atoms with van der Waals surface area (Å²) < 4.78 is 1.22. The number of nitrogens with one attached hydrogen (secondary N) is 1. The molecule has 0 aliphatic heterocycles. The molecule has 1 heterocycles. The van der Waals surface area contributed by atoms with Crippen LogP contribution in [0.1, 0.15) is 31.7 Å². The Morgan fingerprint density at radius 1 is 1.42 bits per heavy atom. The number of nitriles is 1. The molecule has 0 bridgehead atoms. The van der Waals surface area contributed by atoms with E-state index >= 15 is 0 Å². The zero-order chi connectivity index (χ0) is 13.9. The van der Waals surface area contributed by atoms with E-state index in [2.05, 4.69) is 48.4 Å². The van der Waals surface area contributed by atoms with Gasteiger partial charge in [-0.1, -0.05) is 13.8 Å². The highest BCUT2D eigenvalue weighted by Crippen LogP contribution is 2.27. The Hall–Kier alpha value is -1.60. The molecule has 1 aromatic heterocycles. The van der Waals surface area contributed by atoms with Crippen molar-refractivity contribution in [2.24, 2.45) is 5.41 Å². The molecule has 0 radical (unpaired) electrons. The van der Waals surface area contributed by atoms with Crippen LogP contribution in [-0.2, 0) is 0 Å². The van der Waals surface area contributed by atoms with Crippen LogP contribution in [0.4, 0.5) is 5.69 Å². The number of benzene rings is 1. The van der Waals surface area contributed by atoms with E-state index in [0.717, 1.165) is 29.2 Å². The normalized spacial score (nSPS) is 11.5. The van der Waals surface area contributed by atoms with Gasteiger partial charge in [0.25, 0.3) is 0 Å². The van der Waals surface area contributed by atoms with E-state index in [1.165, 1.54) is 4.70 Å². The molecule has 0 fully saturated rings. The lowest BCUT2D eigenvalue weighted by atomic mass is 9.88. The Morgan fingerprint density at radius 2 is 2.21 bits per heavy atom. The standard InChI is InChI=1S/C15H19N3S/c1-11-18-13-6-5-12(9-14(13)19-11)17-10-15(2,3)7-4-8-16/h5-6,9,17H,4,7,10H2,1-3H3. The Morgan fingerprint density at radius 3 is 2.95 bits per heavy atom. The molecule has 1 aromatic carbocycles. The van der Waals surface area contributed by atoms with Crippen molar-refractivity contribution < 1.29 is 0 Å². The first kappa shape index (κ1) is 13.8. The van der Waals surface area contributed by atoms with Gasteiger partial charge < -0.3 is 5.32 Å². The Kier molecular flexibility index (Phi) is 4.06. The number of hydrogen-bond donors (Lipinski definition) is 1. The molecule has 2 rings (SSSR count). The summed E-state index contributed by atoms with van der Waals surface area (Å²) in [5, 5.41) is 13.2. The summed E-state index contributed by atoms with van der Waals surface area (Å²) in [6, 6.07) is 8.50. The summed E-state index contributed by atoms with van der Waals surface area (Å²) >= 11 is 1.72. The van der Waals surface area contributed by atoms with Crippen molar-refractivity contribution in [2.75, 3.05) is 11.9 Å². The molecular formula is C15H19N3S. The van der Waals surface area contributed by atoms with Crippen LogP contribution in [0.3, 0.4) is 0 Å². The van der Waals surface area contributed by atoms with Gasteiger partial charge in [0.15, 0.2) is 0 Å². The first-order valence-corrected chi connectivity index (χ1v) is 7.30. The molecule has 0 aliphatic rings. The molecule has 19 heavy (non-hydrogen) atoms. The van der Waals surface area contributed by atoms with Gasteiger partial charge in [0.1, 0.15) is 0 Å². The van der Waals surface area contributed by atoms with Crippen molar-refractivity contribution >= 4 is 27.2 Å². The van der Waals surface area contributed by atoms with Gasteiger partial charge in [-0.3, -0.25) is 0 Å². The lowest BCUT2D eigenvalue weighted by Gasteiger charge is -2.24. The quantitative estimate of drug-likeness (QED) is 0.881. The van der Waals surface area contributed by atoms with Crippen LogP contribution in [-0.4, -0.2) is 11.5 Å². The highest BCUT2D eigenvalue weighted by Gasteiger charge is 2.17. The van der Waals surface area contributed by atoms with E-state index in [9.17, 15) is 0 Å². The SMILES string of the molecule is Cc1nc2ccc(NCC(C)(C)CCC#N)cc2s1. The molecule has 2 aromatic rings. The van der Waals surface area contributed by atoms with Crippen molar-refractivity contribution in [2.45, 2.75) is 33.6 Å². The van der Waals surface area contributed by atoms with Crippen LogP contribution >= 0.6 is 11.3 Å².